The van der Waals surface area contributed by atoms with E-state index in [1.165, 1.54) is 17.4 Å². The van der Waals surface area contributed by atoms with Crippen LogP contribution in [0.25, 0.3) is 0 Å². The third kappa shape index (κ3) is 7.18. The molecule has 0 saturated carbocycles. The van der Waals surface area contributed by atoms with Crippen LogP contribution in [0.5, 0.6) is 0 Å². The quantitative estimate of drug-likeness (QED) is 0.490. The molecule has 2 aromatic rings. The summed E-state index contributed by atoms with van der Waals surface area (Å²) in [6, 6.07) is 16.3. The van der Waals surface area contributed by atoms with E-state index in [4.69, 9.17) is 0 Å². The average molecular weight is 477 g/mol. The molecule has 0 aliphatic carbocycles. The number of amides is 3. The number of nitrogens with one attached hydrogen (secondary N) is 3. The Kier molecular flexibility index (Phi) is 9.06. The second-order valence-electron chi connectivity index (χ2n) is 9.48. The van der Waals surface area contributed by atoms with Gasteiger partial charge in [0.05, 0.1) is 0 Å². The van der Waals surface area contributed by atoms with E-state index in [-0.39, 0.29) is 29.6 Å². The van der Waals surface area contributed by atoms with Crippen LogP contribution in [0.3, 0.4) is 0 Å². The van der Waals surface area contributed by atoms with Crippen LogP contribution in [0.2, 0.25) is 0 Å². The summed E-state index contributed by atoms with van der Waals surface area (Å²) in [5, 5.41) is 9.01. The van der Waals surface area contributed by atoms with Gasteiger partial charge in [-0.25, -0.2) is 0 Å². The van der Waals surface area contributed by atoms with Crippen LogP contribution in [-0.2, 0) is 20.8 Å². The number of nitrogens with zero attached hydrogens (tertiary/aromatic N) is 1. The summed E-state index contributed by atoms with van der Waals surface area (Å²) in [6.07, 6.45) is 4.50. The highest BCUT2D eigenvalue weighted by Gasteiger charge is 2.32. The number of likely N-dealkylation sites (N-methyl/N-ethyl adjacent to an activating group) is 1. The first-order valence-corrected chi connectivity index (χ1v) is 12.1. The van der Waals surface area contributed by atoms with Crippen molar-refractivity contribution in [3.63, 3.8) is 0 Å². The lowest BCUT2D eigenvalue weighted by molar-refractivity contribution is -0.141. The Balaban J connectivity index is 1.76. The fourth-order valence-corrected chi connectivity index (χ4v) is 4.41. The molecule has 0 fully saturated rings. The number of carbonyl (C=O) groups excluding carboxylic acids is 3. The zero-order valence-electron chi connectivity index (χ0n) is 21.0. The zero-order valence-corrected chi connectivity index (χ0v) is 21.0. The molecule has 186 valence electrons. The molecule has 0 saturated heterocycles. The topological polar surface area (TPSA) is 90.5 Å². The molecular formula is C28H36N4O3. The van der Waals surface area contributed by atoms with E-state index in [0.29, 0.717) is 12.8 Å². The van der Waals surface area contributed by atoms with Crippen molar-refractivity contribution in [2.75, 3.05) is 18.9 Å². The molecule has 1 aliphatic heterocycles. The van der Waals surface area contributed by atoms with Gasteiger partial charge in [-0.15, -0.1) is 0 Å². The van der Waals surface area contributed by atoms with Gasteiger partial charge in [-0.1, -0.05) is 68.5 Å². The maximum Gasteiger partial charge on any atom is 0.247 e. The van der Waals surface area contributed by atoms with Crippen LogP contribution in [0.15, 0.2) is 66.9 Å². The van der Waals surface area contributed by atoms with Gasteiger partial charge in [-0.2, -0.15) is 0 Å². The SMILES string of the molecule is CC(=O)NC(CC(C)C)C(=O)N(C)C(Cc1ccccc1)C(=O)N/C=C\C1CNc2ccccc21. The minimum Gasteiger partial charge on any atom is -0.384 e. The van der Waals surface area contributed by atoms with Crippen LogP contribution in [-0.4, -0.2) is 48.3 Å². The summed E-state index contributed by atoms with van der Waals surface area (Å²) in [5.41, 5.74) is 3.25. The van der Waals surface area contributed by atoms with Crippen molar-refractivity contribution in [1.82, 2.24) is 15.5 Å². The molecule has 35 heavy (non-hydrogen) atoms. The van der Waals surface area contributed by atoms with Crippen molar-refractivity contribution in [2.24, 2.45) is 5.92 Å². The van der Waals surface area contributed by atoms with E-state index in [9.17, 15) is 14.4 Å². The lowest BCUT2D eigenvalue weighted by Crippen LogP contribution is -2.54. The number of hydrogen-bond acceptors (Lipinski definition) is 4. The van der Waals surface area contributed by atoms with Crippen LogP contribution in [0.1, 0.15) is 44.2 Å². The third-order valence-corrected chi connectivity index (χ3v) is 6.20. The number of carbonyl (C=O) groups is 3. The molecule has 0 radical (unpaired) electrons. The highest BCUT2D eigenvalue weighted by molar-refractivity contribution is 5.92. The molecule has 3 atom stereocenters. The van der Waals surface area contributed by atoms with Crippen LogP contribution in [0, 0.1) is 5.92 Å². The number of fused-ring (bicyclic) bond motifs is 1. The Labute approximate surface area is 208 Å². The summed E-state index contributed by atoms with van der Waals surface area (Å²) in [7, 11) is 1.63. The first-order chi connectivity index (χ1) is 16.8. The first-order valence-electron chi connectivity index (χ1n) is 12.1. The van der Waals surface area contributed by atoms with Crippen LogP contribution < -0.4 is 16.0 Å². The van der Waals surface area contributed by atoms with Crippen LogP contribution >= 0.6 is 0 Å². The zero-order chi connectivity index (χ0) is 25.4. The van der Waals surface area contributed by atoms with Crippen molar-refractivity contribution < 1.29 is 14.4 Å². The minimum absolute atomic E-state index is 0.161. The van der Waals surface area contributed by atoms with Gasteiger partial charge in [-0.3, -0.25) is 14.4 Å². The van der Waals surface area contributed by atoms with Gasteiger partial charge in [0.2, 0.25) is 17.7 Å². The molecule has 0 bridgehead atoms. The molecule has 3 N–H and O–H groups in total. The number of hydrogen-bond donors (Lipinski definition) is 3. The molecule has 0 aromatic heterocycles. The fourth-order valence-electron chi connectivity index (χ4n) is 4.41. The van der Waals surface area contributed by atoms with Crippen LogP contribution in [0.4, 0.5) is 5.69 Å². The molecule has 1 heterocycles. The molecule has 3 amide bonds. The molecule has 7 heteroatoms. The lowest BCUT2D eigenvalue weighted by atomic mass is 9.99. The Bertz CT molecular complexity index is 1050. The molecule has 1 aliphatic rings. The predicted octanol–water partition coefficient (Wildman–Crippen LogP) is 3.45. The second kappa shape index (κ2) is 12.2. The number of rotatable bonds is 10. The first kappa shape index (κ1) is 26.0. The van der Waals surface area contributed by atoms with Crippen molar-refractivity contribution in [3.05, 3.63) is 78.0 Å². The number of para-hydroxylation sites is 1. The fraction of sp³-hybridized carbons (Fsp3) is 0.393. The summed E-state index contributed by atoms with van der Waals surface area (Å²) in [5.74, 6) is -0.450. The standard InChI is InChI=1S/C28H36N4O3/c1-19(2)16-25(31-20(3)33)28(35)32(4)26(17-21-10-6-5-7-11-21)27(34)29-15-14-22-18-30-24-13-9-8-12-23(22)24/h5-15,19,22,25-26,30H,16-18H2,1-4H3,(H,29,34)(H,31,33)/b15-14-. The Morgan fingerprint density at radius 3 is 2.46 bits per heavy atom. The van der Waals surface area contributed by atoms with Crippen molar-refractivity contribution in [1.29, 1.82) is 0 Å². The number of anilines is 1. The van der Waals surface area contributed by atoms with Gasteiger partial charge in [0.1, 0.15) is 12.1 Å². The van der Waals surface area contributed by atoms with Gasteiger partial charge in [-0.05, 0) is 29.5 Å². The van der Waals surface area contributed by atoms with E-state index >= 15 is 0 Å². The van der Waals surface area contributed by atoms with E-state index in [0.717, 1.165) is 17.8 Å². The van der Waals surface area contributed by atoms with Gasteiger partial charge < -0.3 is 20.9 Å². The number of benzene rings is 2. The lowest BCUT2D eigenvalue weighted by Gasteiger charge is -2.31. The smallest absolute Gasteiger partial charge is 0.247 e. The van der Waals surface area contributed by atoms with E-state index in [1.54, 1.807) is 13.2 Å². The monoisotopic (exact) mass is 476 g/mol. The average Bonchev–Trinajstić information content (AvgIpc) is 3.24. The molecule has 7 nitrogen and oxygen atoms in total. The maximum absolute atomic E-state index is 13.4. The van der Waals surface area contributed by atoms with Crippen molar-refractivity contribution in [2.45, 2.75) is 51.6 Å². The molecular weight excluding hydrogens is 440 g/mol. The van der Waals surface area contributed by atoms with Gasteiger partial charge in [0.25, 0.3) is 0 Å². The molecule has 3 rings (SSSR count). The Morgan fingerprint density at radius 2 is 1.77 bits per heavy atom. The Hall–Kier alpha value is -3.61. The minimum atomic E-state index is -0.730. The third-order valence-electron chi connectivity index (χ3n) is 6.20. The largest absolute Gasteiger partial charge is 0.384 e. The van der Waals surface area contributed by atoms with E-state index < -0.39 is 12.1 Å². The van der Waals surface area contributed by atoms with E-state index in [2.05, 4.69) is 22.0 Å². The summed E-state index contributed by atoms with van der Waals surface area (Å²) >= 11 is 0. The summed E-state index contributed by atoms with van der Waals surface area (Å²) in [6.45, 7) is 6.16. The summed E-state index contributed by atoms with van der Waals surface area (Å²) in [4.78, 5) is 39.9. The van der Waals surface area contributed by atoms with Crippen molar-refractivity contribution in [3.8, 4) is 0 Å². The van der Waals surface area contributed by atoms with E-state index in [1.807, 2.05) is 68.5 Å². The Morgan fingerprint density at radius 1 is 1.09 bits per heavy atom. The normalized spacial score (nSPS) is 16.3. The molecule has 3 unspecified atom stereocenters. The summed E-state index contributed by atoms with van der Waals surface area (Å²) < 4.78 is 0. The highest BCUT2D eigenvalue weighted by atomic mass is 16.2. The predicted molar refractivity (Wildman–Crippen MR) is 139 cm³/mol. The second-order valence-corrected chi connectivity index (χ2v) is 9.48. The molecule has 0 spiro atoms. The van der Waals surface area contributed by atoms with Gasteiger partial charge in [0, 0.05) is 44.7 Å². The van der Waals surface area contributed by atoms with Gasteiger partial charge in [0.15, 0.2) is 0 Å². The van der Waals surface area contributed by atoms with Gasteiger partial charge >= 0.3 is 0 Å². The highest BCUT2D eigenvalue weighted by Crippen LogP contribution is 2.31. The maximum atomic E-state index is 13.4. The van der Waals surface area contributed by atoms with Crippen molar-refractivity contribution >= 4 is 23.4 Å². The molecule has 2 aromatic carbocycles.